The Morgan fingerprint density at radius 1 is 1.16 bits per heavy atom. The lowest BCUT2D eigenvalue weighted by atomic mass is 10.2. The molecule has 0 unspecified atom stereocenters. The molecule has 0 heterocycles. The molecule has 0 spiro atoms. The van der Waals surface area contributed by atoms with Gasteiger partial charge in [-0.1, -0.05) is 36.8 Å². The monoisotopic (exact) mass is 358 g/mol. The number of benzene rings is 2. The first kappa shape index (κ1) is 19.3. The van der Waals surface area contributed by atoms with Crippen LogP contribution in [-0.2, 0) is 4.79 Å². The Kier molecular flexibility index (Phi) is 7.82. The summed E-state index contributed by atoms with van der Waals surface area (Å²) in [7, 11) is 1.60. The number of nitrogens with one attached hydrogen (secondary N) is 1. The van der Waals surface area contributed by atoms with Crippen molar-refractivity contribution in [3.05, 3.63) is 54.1 Å². The summed E-state index contributed by atoms with van der Waals surface area (Å²) in [4.78, 5) is 15.7. The van der Waals surface area contributed by atoms with Gasteiger partial charge in [-0.05, 0) is 37.7 Å². The van der Waals surface area contributed by atoms with E-state index in [4.69, 9.17) is 4.74 Å². The Morgan fingerprint density at radius 2 is 1.88 bits per heavy atom. The first-order valence-electron chi connectivity index (χ1n) is 8.47. The van der Waals surface area contributed by atoms with Crippen LogP contribution in [0.1, 0.15) is 12.5 Å². The zero-order valence-electron chi connectivity index (χ0n) is 15.1. The maximum Gasteiger partial charge on any atom is 0.238 e. The van der Waals surface area contributed by atoms with Crippen LogP contribution in [0.4, 0.5) is 5.69 Å². The van der Waals surface area contributed by atoms with Gasteiger partial charge in [-0.3, -0.25) is 9.69 Å². The highest BCUT2D eigenvalue weighted by molar-refractivity contribution is 7.99. The number of methoxy groups -OCH3 is 1. The maximum absolute atomic E-state index is 12.3. The van der Waals surface area contributed by atoms with Crippen molar-refractivity contribution in [3.63, 3.8) is 0 Å². The summed E-state index contributed by atoms with van der Waals surface area (Å²) in [6.07, 6.45) is 0. The Bertz CT molecular complexity index is 674. The number of nitrogens with zero attached hydrogens (tertiary/aromatic N) is 1. The van der Waals surface area contributed by atoms with E-state index in [1.807, 2.05) is 36.0 Å². The topological polar surface area (TPSA) is 41.6 Å². The van der Waals surface area contributed by atoms with Crippen molar-refractivity contribution in [1.82, 2.24) is 4.90 Å². The molecule has 0 fully saturated rings. The number of hydrogen-bond donors (Lipinski definition) is 1. The van der Waals surface area contributed by atoms with E-state index in [9.17, 15) is 4.79 Å². The number of carbonyl (C=O) groups excluding carboxylic acids is 1. The molecule has 134 valence electrons. The minimum absolute atomic E-state index is 0.0216. The molecule has 0 saturated heterocycles. The molecule has 0 saturated carbocycles. The van der Waals surface area contributed by atoms with Crippen LogP contribution >= 0.6 is 11.8 Å². The fraction of sp³-hybridized carbons (Fsp3) is 0.350. The zero-order valence-corrected chi connectivity index (χ0v) is 15.9. The Hall–Kier alpha value is -1.98. The molecule has 1 N–H and O–H groups in total. The molecular formula is C20H26N2O2S. The first-order chi connectivity index (χ1) is 12.1. The van der Waals surface area contributed by atoms with E-state index >= 15 is 0 Å². The largest absolute Gasteiger partial charge is 0.495 e. The summed E-state index contributed by atoms with van der Waals surface area (Å²) >= 11 is 1.82. The number of amides is 1. The second kappa shape index (κ2) is 10.1. The Balaban J connectivity index is 1.80. The summed E-state index contributed by atoms with van der Waals surface area (Å²) in [5.41, 5.74) is 1.98. The number of hydrogen-bond acceptors (Lipinski definition) is 4. The van der Waals surface area contributed by atoms with Crippen LogP contribution in [0.25, 0.3) is 0 Å². The van der Waals surface area contributed by atoms with Crippen molar-refractivity contribution in [2.24, 2.45) is 0 Å². The maximum atomic E-state index is 12.3. The number of ether oxygens (including phenoxy) is 1. The smallest absolute Gasteiger partial charge is 0.238 e. The molecule has 0 aliphatic heterocycles. The molecule has 4 nitrogen and oxygen atoms in total. The third kappa shape index (κ3) is 6.44. The van der Waals surface area contributed by atoms with Crippen LogP contribution in [-0.4, -0.2) is 43.3 Å². The minimum atomic E-state index is -0.0216. The number of rotatable bonds is 9. The molecule has 0 radical (unpaired) electrons. The van der Waals surface area contributed by atoms with Crippen LogP contribution in [0.5, 0.6) is 5.75 Å². The molecule has 2 rings (SSSR count). The Labute approximate surface area is 154 Å². The predicted octanol–water partition coefficient (Wildman–Crippen LogP) is 4.06. The van der Waals surface area contributed by atoms with Crippen LogP contribution < -0.4 is 10.1 Å². The first-order valence-corrected chi connectivity index (χ1v) is 9.45. The molecule has 2 aromatic rings. The predicted molar refractivity (Wildman–Crippen MR) is 106 cm³/mol. The van der Waals surface area contributed by atoms with Gasteiger partial charge in [-0.15, -0.1) is 11.8 Å². The van der Waals surface area contributed by atoms with Gasteiger partial charge in [0.1, 0.15) is 5.75 Å². The van der Waals surface area contributed by atoms with Crippen molar-refractivity contribution in [1.29, 1.82) is 0 Å². The molecule has 2 aromatic carbocycles. The van der Waals surface area contributed by atoms with E-state index in [-0.39, 0.29) is 5.91 Å². The van der Waals surface area contributed by atoms with Crippen molar-refractivity contribution < 1.29 is 9.53 Å². The summed E-state index contributed by atoms with van der Waals surface area (Å²) in [5.74, 6) is 1.61. The van der Waals surface area contributed by atoms with E-state index in [0.29, 0.717) is 18.0 Å². The highest BCUT2D eigenvalue weighted by Gasteiger charge is 2.11. The van der Waals surface area contributed by atoms with E-state index in [1.54, 1.807) is 7.11 Å². The van der Waals surface area contributed by atoms with Gasteiger partial charge in [0.2, 0.25) is 5.91 Å². The van der Waals surface area contributed by atoms with Crippen LogP contribution in [0, 0.1) is 6.92 Å². The second-order valence-corrected chi connectivity index (χ2v) is 6.95. The number of anilines is 1. The van der Waals surface area contributed by atoms with E-state index in [0.717, 1.165) is 18.8 Å². The summed E-state index contributed by atoms with van der Waals surface area (Å²) in [6, 6.07) is 16.0. The van der Waals surface area contributed by atoms with Gasteiger partial charge in [0, 0.05) is 17.2 Å². The number of aryl methyl sites for hydroxylation is 1. The molecule has 0 aliphatic rings. The second-order valence-electron chi connectivity index (χ2n) is 5.78. The van der Waals surface area contributed by atoms with Gasteiger partial charge in [0.05, 0.1) is 19.3 Å². The third-order valence-corrected chi connectivity index (χ3v) is 4.88. The molecule has 25 heavy (non-hydrogen) atoms. The normalized spacial score (nSPS) is 10.7. The molecule has 0 atom stereocenters. The number of thioether (sulfide) groups is 1. The SMILES string of the molecule is CCN(CCSc1ccc(C)cc1)CC(=O)Nc1ccccc1OC. The van der Waals surface area contributed by atoms with E-state index in [1.165, 1.54) is 10.5 Å². The van der Waals surface area contributed by atoms with E-state index in [2.05, 4.69) is 48.3 Å². The fourth-order valence-corrected chi connectivity index (χ4v) is 3.33. The van der Waals surface area contributed by atoms with Crippen LogP contribution in [0.3, 0.4) is 0 Å². The molecule has 0 aliphatic carbocycles. The lowest BCUT2D eigenvalue weighted by molar-refractivity contribution is -0.117. The average molecular weight is 359 g/mol. The fourth-order valence-electron chi connectivity index (χ4n) is 2.42. The molecule has 0 aromatic heterocycles. The molecular weight excluding hydrogens is 332 g/mol. The standard InChI is InChI=1S/C20H26N2O2S/c1-4-22(13-14-25-17-11-9-16(2)10-12-17)15-20(23)21-18-7-5-6-8-19(18)24-3/h5-12H,4,13-15H2,1-3H3,(H,21,23). The highest BCUT2D eigenvalue weighted by Crippen LogP contribution is 2.23. The lowest BCUT2D eigenvalue weighted by Crippen LogP contribution is -2.34. The van der Waals surface area contributed by atoms with Crippen molar-refractivity contribution in [3.8, 4) is 5.75 Å². The third-order valence-electron chi connectivity index (χ3n) is 3.89. The van der Waals surface area contributed by atoms with Crippen molar-refractivity contribution in [2.75, 3.05) is 37.8 Å². The number of para-hydroxylation sites is 2. The van der Waals surface area contributed by atoms with Crippen LogP contribution in [0.15, 0.2) is 53.4 Å². The molecule has 1 amide bonds. The summed E-state index contributed by atoms with van der Waals surface area (Å²) in [5, 5.41) is 2.93. The van der Waals surface area contributed by atoms with Crippen molar-refractivity contribution >= 4 is 23.4 Å². The zero-order chi connectivity index (χ0) is 18.1. The summed E-state index contributed by atoms with van der Waals surface area (Å²) < 4.78 is 5.27. The van der Waals surface area contributed by atoms with Gasteiger partial charge in [0.15, 0.2) is 0 Å². The van der Waals surface area contributed by atoms with Crippen molar-refractivity contribution in [2.45, 2.75) is 18.7 Å². The molecule has 5 heteroatoms. The lowest BCUT2D eigenvalue weighted by Gasteiger charge is -2.20. The molecule has 0 bridgehead atoms. The Morgan fingerprint density at radius 3 is 2.56 bits per heavy atom. The van der Waals surface area contributed by atoms with Gasteiger partial charge in [0.25, 0.3) is 0 Å². The van der Waals surface area contributed by atoms with Gasteiger partial charge < -0.3 is 10.1 Å². The van der Waals surface area contributed by atoms with Gasteiger partial charge >= 0.3 is 0 Å². The van der Waals surface area contributed by atoms with Gasteiger partial charge in [-0.2, -0.15) is 0 Å². The summed E-state index contributed by atoms with van der Waals surface area (Å²) in [6.45, 7) is 6.26. The minimum Gasteiger partial charge on any atom is -0.495 e. The number of likely N-dealkylation sites (N-methyl/N-ethyl adjacent to an activating group) is 1. The number of carbonyl (C=O) groups is 1. The van der Waals surface area contributed by atoms with Gasteiger partial charge in [-0.25, -0.2) is 0 Å². The average Bonchev–Trinajstić information content (AvgIpc) is 2.63. The van der Waals surface area contributed by atoms with Crippen LogP contribution in [0.2, 0.25) is 0 Å². The van der Waals surface area contributed by atoms with E-state index < -0.39 is 0 Å². The highest BCUT2D eigenvalue weighted by atomic mass is 32.2. The quantitative estimate of drug-likeness (QED) is 0.687.